The van der Waals surface area contributed by atoms with E-state index in [1.807, 2.05) is 41.8 Å². The zero-order valence-corrected chi connectivity index (χ0v) is 15.4. The van der Waals surface area contributed by atoms with Crippen molar-refractivity contribution in [2.45, 2.75) is 6.42 Å². The number of hydrogen-bond donors (Lipinski definition) is 1. The van der Waals surface area contributed by atoms with Gasteiger partial charge in [-0.05, 0) is 17.0 Å². The van der Waals surface area contributed by atoms with E-state index in [1.165, 1.54) is 11.3 Å². The summed E-state index contributed by atoms with van der Waals surface area (Å²) in [7, 11) is 0. The molecule has 0 unspecified atom stereocenters. The first-order valence-electron chi connectivity index (χ1n) is 8.26. The molecule has 4 nitrogen and oxygen atoms in total. The van der Waals surface area contributed by atoms with Gasteiger partial charge in [0.1, 0.15) is 0 Å². The predicted molar refractivity (Wildman–Crippen MR) is 105 cm³/mol. The lowest BCUT2D eigenvalue weighted by atomic mass is 10.1. The Morgan fingerprint density at radius 3 is 2.54 bits per heavy atom. The van der Waals surface area contributed by atoms with Gasteiger partial charge in [-0.3, -0.25) is 4.79 Å². The number of carbonyl (C=O) groups is 1. The molecule has 0 saturated carbocycles. The molecule has 1 aliphatic rings. The molecule has 0 radical (unpaired) electrons. The molecule has 1 aromatic heterocycles. The van der Waals surface area contributed by atoms with Crippen molar-refractivity contribution in [3.63, 3.8) is 0 Å². The molecule has 0 bridgehead atoms. The van der Waals surface area contributed by atoms with Crippen LogP contribution in [0, 0.1) is 0 Å². The lowest BCUT2D eigenvalue weighted by Gasteiger charge is -2.12. The minimum absolute atomic E-state index is 0.199. The highest BCUT2D eigenvalue weighted by Gasteiger charge is 2.19. The fraction of sp³-hybridized carbons (Fsp3) is 0.150. The number of halogens is 1. The number of thiophene rings is 1. The normalized spacial score (nSPS) is 13.1. The van der Waals surface area contributed by atoms with Crippen LogP contribution in [-0.2, 0) is 0 Å². The van der Waals surface area contributed by atoms with Crippen molar-refractivity contribution in [2.24, 2.45) is 0 Å². The van der Waals surface area contributed by atoms with Gasteiger partial charge in [-0.2, -0.15) is 0 Å². The number of hydrogen-bond acceptors (Lipinski definition) is 4. The fourth-order valence-electron chi connectivity index (χ4n) is 2.79. The molecule has 2 heterocycles. The summed E-state index contributed by atoms with van der Waals surface area (Å²) < 4.78 is 11.3. The maximum absolute atomic E-state index is 12.8. The summed E-state index contributed by atoms with van der Waals surface area (Å²) >= 11 is 7.73. The minimum Gasteiger partial charge on any atom is -0.490 e. The third kappa shape index (κ3) is 3.41. The van der Waals surface area contributed by atoms with E-state index in [0.717, 1.165) is 17.5 Å². The summed E-state index contributed by atoms with van der Waals surface area (Å²) in [5.74, 6) is 0.999. The Labute approximate surface area is 160 Å². The monoisotopic (exact) mass is 385 g/mol. The van der Waals surface area contributed by atoms with Crippen LogP contribution < -0.4 is 14.8 Å². The second kappa shape index (κ2) is 7.40. The fourth-order valence-corrected chi connectivity index (χ4v) is 3.80. The van der Waals surface area contributed by atoms with Crippen molar-refractivity contribution in [1.29, 1.82) is 0 Å². The first-order valence-corrected chi connectivity index (χ1v) is 9.51. The van der Waals surface area contributed by atoms with Gasteiger partial charge in [0.05, 0.1) is 28.8 Å². The van der Waals surface area contributed by atoms with Gasteiger partial charge in [-0.15, -0.1) is 11.3 Å². The summed E-state index contributed by atoms with van der Waals surface area (Å²) in [6, 6.07) is 15.2. The van der Waals surface area contributed by atoms with Crippen LogP contribution in [0.4, 0.5) is 5.69 Å². The van der Waals surface area contributed by atoms with Gasteiger partial charge in [0.25, 0.3) is 5.91 Å². The number of rotatable bonds is 3. The second-order valence-electron chi connectivity index (χ2n) is 5.81. The Morgan fingerprint density at radius 1 is 1.04 bits per heavy atom. The van der Waals surface area contributed by atoms with Crippen LogP contribution >= 0.6 is 22.9 Å². The minimum atomic E-state index is -0.199. The Bertz CT molecular complexity index is 939. The molecule has 0 saturated heterocycles. The van der Waals surface area contributed by atoms with Crippen LogP contribution in [0.25, 0.3) is 11.1 Å². The maximum Gasteiger partial charge on any atom is 0.266 e. The number of amides is 1. The van der Waals surface area contributed by atoms with Gasteiger partial charge < -0.3 is 14.8 Å². The average Bonchev–Trinajstić information content (AvgIpc) is 3.04. The highest BCUT2D eigenvalue weighted by atomic mass is 35.5. The van der Waals surface area contributed by atoms with E-state index in [1.54, 1.807) is 12.1 Å². The lowest BCUT2D eigenvalue weighted by Crippen LogP contribution is -2.12. The second-order valence-corrected chi connectivity index (χ2v) is 7.14. The summed E-state index contributed by atoms with van der Waals surface area (Å²) in [5, 5.41) is 5.22. The largest absolute Gasteiger partial charge is 0.490 e. The molecule has 0 atom stereocenters. The molecule has 3 aromatic rings. The van der Waals surface area contributed by atoms with Crippen LogP contribution in [0.1, 0.15) is 16.1 Å². The number of nitrogens with one attached hydrogen (secondary N) is 1. The van der Waals surface area contributed by atoms with E-state index < -0.39 is 0 Å². The van der Waals surface area contributed by atoms with Gasteiger partial charge in [0.15, 0.2) is 11.5 Å². The number of fused-ring (bicyclic) bond motifs is 1. The SMILES string of the molecule is O=C(Nc1cc2c(cc1Cl)OCCCO2)c1sccc1-c1ccccc1. The Kier molecular flexibility index (Phi) is 4.82. The topological polar surface area (TPSA) is 47.6 Å². The van der Waals surface area contributed by atoms with Crippen LogP contribution in [0.5, 0.6) is 11.5 Å². The molecule has 1 N–H and O–H groups in total. The molecular formula is C20H16ClNO3S. The van der Waals surface area contributed by atoms with E-state index in [2.05, 4.69) is 5.32 Å². The van der Waals surface area contributed by atoms with Crippen LogP contribution in [0.3, 0.4) is 0 Å². The zero-order valence-electron chi connectivity index (χ0n) is 13.8. The van der Waals surface area contributed by atoms with Crippen LogP contribution in [-0.4, -0.2) is 19.1 Å². The smallest absolute Gasteiger partial charge is 0.266 e. The first kappa shape index (κ1) is 16.9. The summed E-state index contributed by atoms with van der Waals surface area (Å²) in [6.45, 7) is 1.16. The van der Waals surface area contributed by atoms with E-state index in [0.29, 0.717) is 40.3 Å². The van der Waals surface area contributed by atoms with Gasteiger partial charge in [-0.1, -0.05) is 41.9 Å². The highest BCUT2D eigenvalue weighted by Crippen LogP contribution is 2.38. The molecule has 1 amide bonds. The quantitative estimate of drug-likeness (QED) is 0.649. The van der Waals surface area contributed by atoms with E-state index in [-0.39, 0.29) is 5.91 Å². The summed E-state index contributed by atoms with van der Waals surface area (Å²) in [4.78, 5) is 13.5. The molecule has 0 spiro atoms. The van der Waals surface area contributed by atoms with Gasteiger partial charge >= 0.3 is 0 Å². The van der Waals surface area contributed by atoms with Crippen molar-refractivity contribution >= 4 is 34.5 Å². The lowest BCUT2D eigenvalue weighted by molar-refractivity contribution is 0.103. The van der Waals surface area contributed by atoms with Crippen molar-refractivity contribution in [3.05, 3.63) is 63.8 Å². The van der Waals surface area contributed by atoms with Crippen molar-refractivity contribution < 1.29 is 14.3 Å². The molecule has 0 aliphatic carbocycles. The predicted octanol–water partition coefficient (Wildman–Crippen LogP) is 5.48. The van der Waals surface area contributed by atoms with E-state index in [9.17, 15) is 4.79 Å². The standard InChI is InChI=1S/C20H16ClNO3S/c21-15-11-17-18(25-9-4-8-24-17)12-16(15)22-20(23)19-14(7-10-26-19)13-5-2-1-3-6-13/h1-3,5-7,10-12H,4,8-9H2,(H,22,23). The summed E-state index contributed by atoms with van der Waals surface area (Å²) in [5.41, 5.74) is 2.41. The Balaban J connectivity index is 1.62. The van der Waals surface area contributed by atoms with Gasteiger partial charge in [0.2, 0.25) is 0 Å². The number of ether oxygens (including phenoxy) is 2. The third-order valence-electron chi connectivity index (χ3n) is 4.04. The molecule has 6 heteroatoms. The average molecular weight is 386 g/mol. The number of carbonyl (C=O) groups excluding carboxylic acids is 1. The first-order chi connectivity index (χ1) is 12.7. The number of benzene rings is 2. The van der Waals surface area contributed by atoms with Crippen LogP contribution in [0.2, 0.25) is 5.02 Å². The van der Waals surface area contributed by atoms with Crippen molar-refractivity contribution in [2.75, 3.05) is 18.5 Å². The molecule has 1 aliphatic heterocycles. The van der Waals surface area contributed by atoms with E-state index >= 15 is 0 Å². The molecule has 0 fully saturated rings. The molecular weight excluding hydrogens is 370 g/mol. The van der Waals surface area contributed by atoms with Crippen LogP contribution in [0.15, 0.2) is 53.9 Å². The highest BCUT2D eigenvalue weighted by molar-refractivity contribution is 7.12. The third-order valence-corrected chi connectivity index (χ3v) is 5.27. The maximum atomic E-state index is 12.8. The summed E-state index contributed by atoms with van der Waals surface area (Å²) in [6.07, 6.45) is 0.809. The van der Waals surface area contributed by atoms with Crippen molar-refractivity contribution in [1.82, 2.24) is 0 Å². The van der Waals surface area contributed by atoms with E-state index in [4.69, 9.17) is 21.1 Å². The molecule has 2 aromatic carbocycles. The molecule has 132 valence electrons. The van der Waals surface area contributed by atoms with Gasteiger partial charge in [-0.25, -0.2) is 0 Å². The zero-order chi connectivity index (χ0) is 17.9. The Hall–Kier alpha value is -2.50. The Morgan fingerprint density at radius 2 is 1.77 bits per heavy atom. The van der Waals surface area contributed by atoms with Gasteiger partial charge in [0, 0.05) is 24.1 Å². The van der Waals surface area contributed by atoms with Crippen molar-refractivity contribution in [3.8, 4) is 22.6 Å². The number of anilines is 1. The molecule has 4 rings (SSSR count). The molecule has 26 heavy (non-hydrogen) atoms.